The molecular formula is C17H23N5O4. The number of nitrogens with two attached hydrogens (primary N) is 1. The third-order valence-corrected chi connectivity index (χ3v) is 3.86. The Morgan fingerprint density at radius 3 is 2.77 bits per heavy atom. The number of anilines is 1. The molecule has 3 amide bonds. The summed E-state index contributed by atoms with van der Waals surface area (Å²) in [6.07, 6.45) is 2.11. The maximum absolute atomic E-state index is 12.5. The molecule has 1 aromatic carbocycles. The number of carbonyl (C=O) groups excluding carboxylic acids is 3. The molecule has 2 rings (SSSR count). The summed E-state index contributed by atoms with van der Waals surface area (Å²) >= 11 is 0. The predicted molar refractivity (Wildman–Crippen MR) is 96.8 cm³/mol. The van der Waals surface area contributed by atoms with Crippen LogP contribution in [0.2, 0.25) is 0 Å². The van der Waals surface area contributed by atoms with Crippen molar-refractivity contribution in [2.45, 2.75) is 25.8 Å². The van der Waals surface area contributed by atoms with Gasteiger partial charge < -0.3 is 26.1 Å². The minimum Gasteiger partial charge on any atom is -0.466 e. The van der Waals surface area contributed by atoms with Crippen molar-refractivity contribution in [1.29, 1.82) is 0 Å². The second kappa shape index (κ2) is 9.40. The summed E-state index contributed by atoms with van der Waals surface area (Å²) in [4.78, 5) is 37.2. The first-order valence-corrected chi connectivity index (χ1v) is 8.39. The van der Waals surface area contributed by atoms with Crippen molar-refractivity contribution in [3.8, 4) is 0 Å². The maximum Gasteiger partial charge on any atom is 0.315 e. The average molecular weight is 361 g/mol. The van der Waals surface area contributed by atoms with Crippen LogP contribution in [-0.2, 0) is 14.3 Å². The van der Waals surface area contributed by atoms with Crippen LogP contribution in [0.1, 0.15) is 25.3 Å². The van der Waals surface area contributed by atoms with Gasteiger partial charge in [-0.2, -0.15) is 5.10 Å². The fourth-order valence-electron chi connectivity index (χ4n) is 2.62. The van der Waals surface area contributed by atoms with Crippen molar-refractivity contribution in [3.63, 3.8) is 0 Å². The highest BCUT2D eigenvalue weighted by atomic mass is 16.5. The summed E-state index contributed by atoms with van der Waals surface area (Å²) < 4.78 is 4.77. The highest BCUT2D eigenvalue weighted by Gasteiger charge is 2.33. The Kier molecular flexibility index (Phi) is 6.95. The Morgan fingerprint density at radius 1 is 1.38 bits per heavy atom. The number of hydrogen-bond donors (Lipinski definition) is 3. The molecule has 1 aliphatic heterocycles. The third kappa shape index (κ3) is 5.20. The highest BCUT2D eigenvalue weighted by Crippen LogP contribution is 2.21. The first-order valence-electron chi connectivity index (χ1n) is 8.39. The van der Waals surface area contributed by atoms with Gasteiger partial charge in [-0.25, -0.2) is 4.79 Å². The van der Waals surface area contributed by atoms with Crippen molar-refractivity contribution in [2.75, 3.05) is 24.6 Å². The van der Waals surface area contributed by atoms with Gasteiger partial charge in [0.2, 0.25) is 5.91 Å². The number of hydrazone groups is 1. The SMILES string of the molecule is CCOC(=O)CCNC(=O)N[C@H]1CCN(c2ccc(C=NN)cc2)C1=O. The Labute approximate surface area is 151 Å². The molecule has 1 aliphatic rings. The maximum atomic E-state index is 12.5. The standard InChI is InChI=1S/C17H23N5O4/c1-2-26-15(23)7-9-19-17(25)21-14-8-10-22(16(14)24)13-5-3-12(4-6-13)11-20-18/h3-6,11,14H,2,7-10,18H2,1H3,(H2,19,21,25)/t14-/m0/s1. The van der Waals surface area contributed by atoms with Gasteiger partial charge in [0, 0.05) is 18.8 Å². The molecule has 0 spiro atoms. The molecule has 1 fully saturated rings. The minimum absolute atomic E-state index is 0.0877. The van der Waals surface area contributed by atoms with E-state index in [1.54, 1.807) is 24.0 Å². The molecule has 26 heavy (non-hydrogen) atoms. The van der Waals surface area contributed by atoms with Gasteiger partial charge in [0.15, 0.2) is 0 Å². The molecule has 0 aliphatic carbocycles. The van der Waals surface area contributed by atoms with Crippen LogP contribution in [0.4, 0.5) is 10.5 Å². The molecule has 1 saturated heterocycles. The molecule has 0 radical (unpaired) electrons. The summed E-state index contributed by atoms with van der Waals surface area (Å²) in [5.41, 5.74) is 1.58. The molecule has 1 heterocycles. The van der Waals surface area contributed by atoms with Gasteiger partial charge in [-0.3, -0.25) is 9.59 Å². The van der Waals surface area contributed by atoms with E-state index < -0.39 is 12.1 Å². The smallest absolute Gasteiger partial charge is 0.315 e. The zero-order valence-electron chi connectivity index (χ0n) is 14.6. The lowest BCUT2D eigenvalue weighted by Gasteiger charge is -2.17. The lowest BCUT2D eigenvalue weighted by molar-refractivity contribution is -0.142. The van der Waals surface area contributed by atoms with E-state index in [4.69, 9.17) is 10.6 Å². The zero-order valence-corrected chi connectivity index (χ0v) is 14.6. The van der Waals surface area contributed by atoms with Crippen LogP contribution < -0.4 is 21.4 Å². The van der Waals surface area contributed by atoms with E-state index in [-0.39, 0.29) is 24.8 Å². The molecule has 0 aromatic heterocycles. The number of rotatable bonds is 7. The van der Waals surface area contributed by atoms with Gasteiger partial charge in [0.1, 0.15) is 6.04 Å². The summed E-state index contributed by atoms with van der Waals surface area (Å²) in [6, 6.07) is 6.14. The quantitative estimate of drug-likeness (QED) is 0.279. The summed E-state index contributed by atoms with van der Waals surface area (Å²) in [7, 11) is 0. The number of nitrogens with zero attached hydrogens (tertiary/aromatic N) is 2. The zero-order chi connectivity index (χ0) is 18.9. The molecule has 1 aromatic rings. The van der Waals surface area contributed by atoms with E-state index in [1.165, 1.54) is 6.21 Å². The average Bonchev–Trinajstić information content (AvgIpc) is 2.97. The largest absolute Gasteiger partial charge is 0.466 e. The van der Waals surface area contributed by atoms with Crippen LogP contribution in [-0.4, -0.2) is 49.9 Å². The number of amides is 3. The summed E-state index contributed by atoms with van der Waals surface area (Å²) in [5.74, 6) is 4.56. The van der Waals surface area contributed by atoms with Crippen molar-refractivity contribution in [2.24, 2.45) is 10.9 Å². The molecule has 140 valence electrons. The summed E-state index contributed by atoms with van der Waals surface area (Å²) in [5, 5.41) is 8.63. The monoisotopic (exact) mass is 361 g/mol. The lowest BCUT2D eigenvalue weighted by atomic mass is 10.2. The number of benzene rings is 1. The van der Waals surface area contributed by atoms with Gasteiger partial charge >= 0.3 is 12.0 Å². The van der Waals surface area contributed by atoms with Crippen LogP contribution in [0.3, 0.4) is 0 Å². The van der Waals surface area contributed by atoms with Crippen molar-refractivity contribution >= 4 is 29.8 Å². The lowest BCUT2D eigenvalue weighted by Crippen LogP contribution is -2.46. The topological polar surface area (TPSA) is 126 Å². The second-order valence-corrected chi connectivity index (χ2v) is 5.66. The second-order valence-electron chi connectivity index (χ2n) is 5.66. The molecule has 4 N–H and O–H groups in total. The fraction of sp³-hybridized carbons (Fsp3) is 0.412. The van der Waals surface area contributed by atoms with Gasteiger partial charge in [-0.1, -0.05) is 12.1 Å². The Balaban J connectivity index is 1.82. The Bertz CT molecular complexity index is 674. The van der Waals surface area contributed by atoms with Crippen LogP contribution >= 0.6 is 0 Å². The van der Waals surface area contributed by atoms with Crippen LogP contribution in [0.25, 0.3) is 0 Å². The first-order chi connectivity index (χ1) is 12.5. The van der Waals surface area contributed by atoms with Gasteiger partial charge in [-0.05, 0) is 31.0 Å². The van der Waals surface area contributed by atoms with Crippen molar-refractivity contribution < 1.29 is 19.1 Å². The van der Waals surface area contributed by atoms with E-state index in [0.29, 0.717) is 19.6 Å². The van der Waals surface area contributed by atoms with Crippen LogP contribution in [0, 0.1) is 0 Å². The number of urea groups is 1. The fourth-order valence-corrected chi connectivity index (χ4v) is 2.62. The van der Waals surface area contributed by atoms with Gasteiger partial charge in [-0.15, -0.1) is 0 Å². The highest BCUT2D eigenvalue weighted by molar-refractivity contribution is 6.01. The normalized spacial score (nSPS) is 16.7. The molecule has 1 atom stereocenters. The van der Waals surface area contributed by atoms with Crippen LogP contribution in [0.15, 0.2) is 29.4 Å². The molecule has 0 unspecified atom stereocenters. The van der Waals surface area contributed by atoms with E-state index in [0.717, 1.165) is 11.3 Å². The number of esters is 1. The van der Waals surface area contributed by atoms with Gasteiger partial charge in [0.25, 0.3) is 0 Å². The Morgan fingerprint density at radius 2 is 2.12 bits per heavy atom. The summed E-state index contributed by atoms with van der Waals surface area (Å²) in [6.45, 7) is 2.68. The van der Waals surface area contributed by atoms with Crippen molar-refractivity contribution in [3.05, 3.63) is 29.8 Å². The molecule has 0 saturated carbocycles. The van der Waals surface area contributed by atoms with E-state index in [2.05, 4.69) is 15.7 Å². The Hall–Kier alpha value is -3.10. The predicted octanol–water partition coefficient (Wildman–Crippen LogP) is 0.337. The van der Waals surface area contributed by atoms with Crippen LogP contribution in [0.5, 0.6) is 0 Å². The number of carbonyl (C=O) groups is 3. The van der Waals surface area contributed by atoms with E-state index in [9.17, 15) is 14.4 Å². The molecule has 9 nitrogen and oxygen atoms in total. The number of ether oxygens (including phenoxy) is 1. The van der Waals surface area contributed by atoms with E-state index in [1.807, 2.05) is 12.1 Å². The minimum atomic E-state index is -0.595. The van der Waals surface area contributed by atoms with Crippen molar-refractivity contribution in [1.82, 2.24) is 10.6 Å². The third-order valence-electron chi connectivity index (χ3n) is 3.86. The first kappa shape index (κ1) is 19.2. The number of nitrogens with one attached hydrogen (secondary N) is 2. The van der Waals surface area contributed by atoms with Gasteiger partial charge in [0.05, 0.1) is 19.2 Å². The molecular weight excluding hydrogens is 338 g/mol. The molecule has 0 bridgehead atoms. The van der Waals surface area contributed by atoms with E-state index >= 15 is 0 Å². The number of hydrogen-bond acceptors (Lipinski definition) is 6. The molecule has 9 heteroatoms.